The van der Waals surface area contributed by atoms with E-state index in [9.17, 15) is 14.4 Å². The average molecular weight is 446 g/mol. The molecule has 9 nitrogen and oxygen atoms in total. The summed E-state index contributed by atoms with van der Waals surface area (Å²) in [5.41, 5.74) is 1.21. The van der Waals surface area contributed by atoms with Gasteiger partial charge in [-0.05, 0) is 32.3 Å². The van der Waals surface area contributed by atoms with Crippen molar-refractivity contribution in [3.8, 4) is 0 Å². The summed E-state index contributed by atoms with van der Waals surface area (Å²) in [6.45, 7) is 5.95. The minimum absolute atomic E-state index is 0.000552. The molecule has 32 heavy (non-hydrogen) atoms. The summed E-state index contributed by atoms with van der Waals surface area (Å²) in [7, 11) is 1.47. The van der Waals surface area contributed by atoms with Crippen LogP contribution in [0.15, 0.2) is 30.3 Å². The zero-order valence-corrected chi connectivity index (χ0v) is 19.2. The van der Waals surface area contributed by atoms with Gasteiger partial charge in [-0.1, -0.05) is 30.3 Å². The molecule has 2 aliphatic rings. The molecule has 0 aliphatic carbocycles. The number of urea groups is 1. The largest absolute Gasteiger partial charge is 0.375 e. The number of carbonyl (C=O) groups is 3. The third kappa shape index (κ3) is 6.43. The lowest BCUT2D eigenvalue weighted by atomic mass is 10.0. The molecule has 3 rings (SSSR count). The van der Waals surface area contributed by atoms with E-state index in [1.165, 1.54) is 12.7 Å². The Hall–Kier alpha value is -2.65. The Bertz CT molecular complexity index is 788. The van der Waals surface area contributed by atoms with Gasteiger partial charge in [0.05, 0.1) is 6.04 Å². The molecule has 2 saturated heterocycles. The SMILES string of the molecule is COCC(=O)NC[C@H]1C(=O)N2C[C@@H](NC(=O)NC(C)C)C[C@H]2CN1CCc1ccccc1. The Labute approximate surface area is 189 Å². The first-order chi connectivity index (χ1) is 15.4. The van der Waals surface area contributed by atoms with Crippen molar-refractivity contribution in [2.24, 2.45) is 0 Å². The van der Waals surface area contributed by atoms with Crippen molar-refractivity contribution in [2.75, 3.05) is 39.9 Å². The first kappa shape index (κ1) is 24.0. The molecule has 0 radical (unpaired) electrons. The summed E-state index contributed by atoms with van der Waals surface area (Å²) in [6, 6.07) is 9.55. The van der Waals surface area contributed by atoms with Gasteiger partial charge in [0, 0.05) is 45.4 Å². The monoisotopic (exact) mass is 445 g/mol. The fourth-order valence-electron chi connectivity index (χ4n) is 4.47. The number of hydrogen-bond acceptors (Lipinski definition) is 5. The van der Waals surface area contributed by atoms with E-state index in [1.54, 1.807) is 0 Å². The number of ether oxygens (including phenoxy) is 1. The molecular weight excluding hydrogens is 410 g/mol. The van der Waals surface area contributed by atoms with Crippen molar-refractivity contribution in [2.45, 2.75) is 50.9 Å². The van der Waals surface area contributed by atoms with Gasteiger partial charge in [0.1, 0.15) is 12.6 Å². The van der Waals surface area contributed by atoms with Crippen molar-refractivity contribution in [3.63, 3.8) is 0 Å². The van der Waals surface area contributed by atoms with E-state index in [0.717, 1.165) is 19.4 Å². The molecule has 2 aliphatic heterocycles. The summed E-state index contributed by atoms with van der Waals surface area (Å²) < 4.78 is 4.88. The Balaban J connectivity index is 1.66. The van der Waals surface area contributed by atoms with Crippen LogP contribution in [0.25, 0.3) is 0 Å². The van der Waals surface area contributed by atoms with Crippen molar-refractivity contribution in [1.82, 2.24) is 25.8 Å². The number of rotatable bonds is 9. The molecule has 0 unspecified atom stereocenters. The van der Waals surface area contributed by atoms with Crippen molar-refractivity contribution in [3.05, 3.63) is 35.9 Å². The second kappa shape index (κ2) is 11.3. The maximum absolute atomic E-state index is 13.4. The van der Waals surface area contributed by atoms with Crippen LogP contribution in [0, 0.1) is 0 Å². The maximum Gasteiger partial charge on any atom is 0.315 e. The minimum atomic E-state index is -0.431. The quantitative estimate of drug-likeness (QED) is 0.509. The van der Waals surface area contributed by atoms with Gasteiger partial charge in [0.2, 0.25) is 11.8 Å². The molecule has 1 aromatic rings. The van der Waals surface area contributed by atoms with Gasteiger partial charge in [-0.15, -0.1) is 0 Å². The highest BCUT2D eigenvalue weighted by atomic mass is 16.5. The third-order valence-electron chi connectivity index (χ3n) is 5.92. The highest BCUT2D eigenvalue weighted by Crippen LogP contribution is 2.26. The zero-order chi connectivity index (χ0) is 23.1. The molecule has 0 spiro atoms. The number of hydrogen-bond donors (Lipinski definition) is 3. The van der Waals surface area contributed by atoms with Crippen molar-refractivity contribution in [1.29, 1.82) is 0 Å². The van der Waals surface area contributed by atoms with Crippen LogP contribution in [-0.2, 0) is 20.7 Å². The summed E-state index contributed by atoms with van der Waals surface area (Å²) in [6.07, 6.45) is 1.55. The fourth-order valence-corrected chi connectivity index (χ4v) is 4.47. The minimum Gasteiger partial charge on any atom is -0.375 e. The Kier molecular flexibility index (Phi) is 8.46. The van der Waals surface area contributed by atoms with Gasteiger partial charge < -0.3 is 25.6 Å². The molecule has 9 heteroatoms. The summed E-state index contributed by atoms with van der Waals surface area (Å²) in [5, 5.41) is 8.66. The molecule has 3 N–H and O–H groups in total. The number of carbonyl (C=O) groups excluding carboxylic acids is 3. The Morgan fingerprint density at radius 2 is 1.94 bits per heavy atom. The molecule has 2 fully saturated rings. The van der Waals surface area contributed by atoms with E-state index >= 15 is 0 Å². The first-order valence-corrected chi connectivity index (χ1v) is 11.3. The number of fused-ring (bicyclic) bond motifs is 1. The summed E-state index contributed by atoms with van der Waals surface area (Å²) >= 11 is 0. The van der Waals surface area contributed by atoms with E-state index < -0.39 is 6.04 Å². The lowest BCUT2D eigenvalue weighted by Crippen LogP contribution is -2.63. The number of methoxy groups -OCH3 is 1. The van der Waals surface area contributed by atoms with Crippen LogP contribution in [0.5, 0.6) is 0 Å². The van der Waals surface area contributed by atoms with Crippen molar-refractivity contribution >= 4 is 17.8 Å². The standard InChI is InChI=1S/C23H35N5O4/c1-16(2)25-23(31)26-18-11-19-14-27(10-9-17-7-5-4-6-8-17)20(22(30)28(19)13-18)12-24-21(29)15-32-3/h4-8,16,18-20H,9-15H2,1-3H3,(H,24,29)(H2,25,26,31)/t18-,19-,20-/m0/s1. The summed E-state index contributed by atoms with van der Waals surface area (Å²) in [5.74, 6) is -0.239. The molecular formula is C23H35N5O4. The van der Waals surface area contributed by atoms with E-state index in [4.69, 9.17) is 4.74 Å². The van der Waals surface area contributed by atoms with Gasteiger partial charge >= 0.3 is 6.03 Å². The summed E-state index contributed by atoms with van der Waals surface area (Å²) in [4.78, 5) is 41.5. The highest BCUT2D eigenvalue weighted by molar-refractivity contribution is 5.85. The Morgan fingerprint density at radius 1 is 1.19 bits per heavy atom. The molecule has 0 saturated carbocycles. The van der Waals surface area contributed by atoms with Crippen molar-refractivity contribution < 1.29 is 19.1 Å². The average Bonchev–Trinajstić information content (AvgIpc) is 3.14. The molecule has 176 valence electrons. The van der Waals surface area contributed by atoms with Crippen LogP contribution in [-0.4, -0.2) is 91.7 Å². The van der Waals surface area contributed by atoms with E-state index in [1.807, 2.05) is 36.9 Å². The highest BCUT2D eigenvalue weighted by Gasteiger charge is 2.45. The maximum atomic E-state index is 13.4. The molecule has 1 aromatic carbocycles. The van der Waals surface area contributed by atoms with Crippen LogP contribution in [0.4, 0.5) is 4.79 Å². The lowest BCUT2D eigenvalue weighted by Gasteiger charge is -2.42. The third-order valence-corrected chi connectivity index (χ3v) is 5.92. The molecule has 3 atom stereocenters. The fraction of sp³-hybridized carbons (Fsp3) is 0.609. The van der Waals surface area contributed by atoms with E-state index in [2.05, 4.69) is 33.0 Å². The predicted molar refractivity (Wildman–Crippen MR) is 121 cm³/mol. The molecule has 4 amide bonds. The van der Waals surface area contributed by atoms with Crippen LogP contribution >= 0.6 is 0 Å². The van der Waals surface area contributed by atoms with Crippen LogP contribution < -0.4 is 16.0 Å². The van der Waals surface area contributed by atoms with Gasteiger partial charge in [-0.3, -0.25) is 14.5 Å². The van der Waals surface area contributed by atoms with E-state index in [-0.39, 0.29) is 49.1 Å². The smallest absolute Gasteiger partial charge is 0.315 e. The molecule has 2 heterocycles. The van der Waals surface area contributed by atoms with Crippen LogP contribution in [0.1, 0.15) is 25.8 Å². The second-order valence-electron chi connectivity index (χ2n) is 8.83. The molecule has 0 bridgehead atoms. The number of benzene rings is 1. The number of nitrogens with one attached hydrogen (secondary N) is 3. The van der Waals surface area contributed by atoms with E-state index in [0.29, 0.717) is 13.1 Å². The molecule has 0 aromatic heterocycles. The lowest BCUT2D eigenvalue weighted by molar-refractivity contribution is -0.143. The van der Waals surface area contributed by atoms with Gasteiger partial charge in [0.25, 0.3) is 0 Å². The predicted octanol–water partition coefficient (Wildman–Crippen LogP) is 0.353. The number of amides is 4. The second-order valence-corrected chi connectivity index (χ2v) is 8.83. The topological polar surface area (TPSA) is 103 Å². The first-order valence-electron chi connectivity index (χ1n) is 11.3. The number of nitrogens with zero attached hydrogens (tertiary/aromatic N) is 2. The van der Waals surface area contributed by atoms with Crippen LogP contribution in [0.3, 0.4) is 0 Å². The number of piperazine rings is 1. The van der Waals surface area contributed by atoms with Gasteiger partial charge in [0.15, 0.2) is 0 Å². The van der Waals surface area contributed by atoms with Gasteiger partial charge in [-0.25, -0.2) is 4.79 Å². The Morgan fingerprint density at radius 3 is 2.62 bits per heavy atom. The zero-order valence-electron chi connectivity index (χ0n) is 19.2. The van der Waals surface area contributed by atoms with Crippen LogP contribution in [0.2, 0.25) is 0 Å². The van der Waals surface area contributed by atoms with Gasteiger partial charge in [-0.2, -0.15) is 0 Å². The normalized spacial score (nSPS) is 23.2.